The molecular weight excluding hydrogens is 234 g/mol. The zero-order chi connectivity index (χ0) is 5.78. The summed E-state index contributed by atoms with van der Waals surface area (Å²) in [6.45, 7) is 1.00. The van der Waals surface area contributed by atoms with Gasteiger partial charge in [-0.25, -0.2) is 0 Å². The van der Waals surface area contributed by atoms with E-state index in [1.807, 2.05) is 6.21 Å². The molecule has 0 spiro atoms. The predicted octanol–water partition coefficient (Wildman–Crippen LogP) is 1.80. The van der Waals surface area contributed by atoms with Crippen molar-refractivity contribution >= 4 is 38.1 Å². The maximum absolute atomic E-state index is 4.12. The van der Waals surface area contributed by atoms with Gasteiger partial charge in [0.15, 0.2) is 0 Å². The van der Waals surface area contributed by atoms with Crippen LogP contribution in [-0.2, 0) is 0 Å². The summed E-state index contributed by atoms with van der Waals surface area (Å²) in [6, 6.07) is 0. The average Bonchev–Trinajstić information content (AvgIpc) is 2.22. The molecule has 1 nitrogen and oxygen atoms in total. The van der Waals surface area contributed by atoms with Crippen LogP contribution in [0.15, 0.2) is 4.99 Å². The van der Waals surface area contributed by atoms with Crippen LogP contribution in [0.4, 0.5) is 0 Å². The Morgan fingerprint density at radius 3 is 2.62 bits per heavy atom. The van der Waals surface area contributed by atoms with Crippen LogP contribution in [-0.4, -0.2) is 16.0 Å². The molecular formula is C5H5Br2N. The van der Waals surface area contributed by atoms with E-state index in [0.29, 0.717) is 5.92 Å². The first-order valence-corrected chi connectivity index (χ1v) is 4.19. The van der Waals surface area contributed by atoms with E-state index >= 15 is 0 Å². The maximum Gasteiger partial charge on any atom is 0.0939 e. The Kier molecular flexibility index (Phi) is 0.930. The highest BCUT2D eigenvalue weighted by molar-refractivity contribution is 9.25. The topological polar surface area (TPSA) is 12.4 Å². The summed E-state index contributed by atoms with van der Waals surface area (Å²) in [6.07, 6.45) is 2.04. The Balaban J connectivity index is 2.24. The first kappa shape index (κ1) is 5.42. The smallest absolute Gasteiger partial charge is 0.0939 e. The van der Waals surface area contributed by atoms with Crippen molar-refractivity contribution in [2.24, 2.45) is 16.8 Å². The minimum Gasteiger partial charge on any atom is -0.297 e. The molecule has 0 unspecified atom stereocenters. The molecule has 0 amide bonds. The number of hydrogen-bond donors (Lipinski definition) is 0. The highest BCUT2D eigenvalue weighted by Crippen LogP contribution is 2.62. The first-order chi connectivity index (χ1) is 3.73. The highest BCUT2D eigenvalue weighted by Gasteiger charge is 2.62. The number of rotatable bonds is 0. The molecule has 0 saturated heterocycles. The Labute approximate surface area is 64.8 Å². The van der Waals surface area contributed by atoms with Crippen LogP contribution in [0.2, 0.25) is 0 Å². The van der Waals surface area contributed by atoms with E-state index in [1.165, 1.54) is 0 Å². The van der Waals surface area contributed by atoms with Crippen molar-refractivity contribution in [2.45, 2.75) is 3.23 Å². The van der Waals surface area contributed by atoms with E-state index in [9.17, 15) is 0 Å². The fourth-order valence-corrected chi connectivity index (χ4v) is 2.61. The average molecular weight is 239 g/mol. The van der Waals surface area contributed by atoms with Crippen LogP contribution in [0, 0.1) is 11.8 Å². The van der Waals surface area contributed by atoms with E-state index in [4.69, 9.17) is 0 Å². The monoisotopic (exact) mass is 237 g/mol. The van der Waals surface area contributed by atoms with Gasteiger partial charge in [-0.1, -0.05) is 31.9 Å². The fourth-order valence-electron chi connectivity index (χ4n) is 1.14. The van der Waals surface area contributed by atoms with Crippen LogP contribution < -0.4 is 0 Å². The van der Waals surface area contributed by atoms with Gasteiger partial charge in [-0.2, -0.15) is 0 Å². The van der Waals surface area contributed by atoms with Crippen LogP contribution in [0.5, 0.6) is 0 Å². The van der Waals surface area contributed by atoms with Crippen LogP contribution >= 0.6 is 31.9 Å². The van der Waals surface area contributed by atoms with E-state index in [-0.39, 0.29) is 3.23 Å². The van der Waals surface area contributed by atoms with Gasteiger partial charge in [0, 0.05) is 24.6 Å². The molecule has 1 aliphatic heterocycles. The molecule has 0 bridgehead atoms. The van der Waals surface area contributed by atoms with Crippen molar-refractivity contribution in [3.8, 4) is 0 Å². The number of alkyl halides is 2. The molecule has 0 N–H and O–H groups in total. The SMILES string of the molecule is BrC1(Br)[C@@H]2C=NC[C@@H]21. The number of halogens is 2. The van der Waals surface area contributed by atoms with Gasteiger partial charge in [0.05, 0.1) is 3.23 Å². The minimum absolute atomic E-state index is 0.238. The van der Waals surface area contributed by atoms with Gasteiger partial charge in [0.25, 0.3) is 0 Å². The van der Waals surface area contributed by atoms with Crippen molar-refractivity contribution < 1.29 is 0 Å². The molecule has 1 heterocycles. The molecule has 0 aromatic heterocycles. The largest absolute Gasteiger partial charge is 0.297 e. The molecule has 0 radical (unpaired) electrons. The lowest BCUT2D eigenvalue weighted by atomic mass is 10.4. The van der Waals surface area contributed by atoms with E-state index in [2.05, 4.69) is 36.9 Å². The second kappa shape index (κ2) is 1.37. The van der Waals surface area contributed by atoms with Crippen LogP contribution in [0.25, 0.3) is 0 Å². The molecule has 2 rings (SSSR count). The van der Waals surface area contributed by atoms with Crippen LogP contribution in [0.1, 0.15) is 0 Å². The summed E-state index contributed by atoms with van der Waals surface area (Å²) < 4.78 is 0.238. The molecule has 0 aromatic rings. The van der Waals surface area contributed by atoms with Gasteiger partial charge in [0.2, 0.25) is 0 Å². The Hall–Kier alpha value is 0.630. The molecule has 2 aliphatic rings. The van der Waals surface area contributed by atoms with Crippen molar-refractivity contribution in [2.75, 3.05) is 6.54 Å². The third-order valence-electron chi connectivity index (χ3n) is 1.83. The van der Waals surface area contributed by atoms with Crippen molar-refractivity contribution in [3.05, 3.63) is 0 Å². The molecule has 2 atom stereocenters. The summed E-state index contributed by atoms with van der Waals surface area (Å²) in [7, 11) is 0. The van der Waals surface area contributed by atoms with Crippen LogP contribution in [0.3, 0.4) is 0 Å². The molecule has 1 fully saturated rings. The summed E-state index contributed by atoms with van der Waals surface area (Å²) in [5.74, 6) is 1.41. The van der Waals surface area contributed by atoms with Crippen molar-refractivity contribution in [3.63, 3.8) is 0 Å². The van der Waals surface area contributed by atoms with Crippen molar-refractivity contribution in [1.29, 1.82) is 0 Å². The Bertz CT molecular complexity index is 153. The standard InChI is InChI=1S/C5H5Br2N/c6-5(7)3-1-8-2-4(3)5/h1,3-4H,2H2/t3-,4+/m1/s1. The molecule has 0 aromatic carbocycles. The van der Waals surface area contributed by atoms with Gasteiger partial charge in [-0.15, -0.1) is 0 Å². The second-order valence-electron chi connectivity index (χ2n) is 2.32. The lowest BCUT2D eigenvalue weighted by molar-refractivity contribution is 0.863. The lowest BCUT2D eigenvalue weighted by Gasteiger charge is -1.95. The number of fused-ring (bicyclic) bond motifs is 1. The third-order valence-corrected chi connectivity index (χ3v) is 4.06. The quantitative estimate of drug-likeness (QED) is 0.571. The van der Waals surface area contributed by atoms with E-state index in [1.54, 1.807) is 0 Å². The normalized spacial score (nSPS) is 46.8. The molecule has 44 valence electrons. The van der Waals surface area contributed by atoms with E-state index < -0.39 is 0 Å². The van der Waals surface area contributed by atoms with Gasteiger partial charge >= 0.3 is 0 Å². The molecule has 3 heteroatoms. The van der Waals surface area contributed by atoms with Crippen molar-refractivity contribution in [1.82, 2.24) is 0 Å². The summed E-state index contributed by atoms with van der Waals surface area (Å²) in [5, 5.41) is 0. The Morgan fingerprint density at radius 2 is 2.38 bits per heavy atom. The highest BCUT2D eigenvalue weighted by atomic mass is 79.9. The summed E-state index contributed by atoms with van der Waals surface area (Å²) in [4.78, 5) is 4.12. The zero-order valence-electron chi connectivity index (χ0n) is 4.14. The Morgan fingerprint density at radius 1 is 1.62 bits per heavy atom. The summed E-state index contributed by atoms with van der Waals surface area (Å²) in [5.41, 5.74) is 0. The summed E-state index contributed by atoms with van der Waals surface area (Å²) >= 11 is 7.11. The zero-order valence-corrected chi connectivity index (χ0v) is 7.31. The molecule has 1 aliphatic carbocycles. The third kappa shape index (κ3) is 0.494. The molecule has 8 heavy (non-hydrogen) atoms. The second-order valence-corrected chi connectivity index (χ2v) is 6.01. The predicted molar refractivity (Wildman–Crippen MR) is 40.9 cm³/mol. The first-order valence-electron chi connectivity index (χ1n) is 2.60. The number of hydrogen-bond acceptors (Lipinski definition) is 1. The van der Waals surface area contributed by atoms with Gasteiger partial charge < -0.3 is 0 Å². The number of nitrogens with zero attached hydrogens (tertiary/aromatic N) is 1. The fraction of sp³-hybridized carbons (Fsp3) is 0.800. The van der Waals surface area contributed by atoms with Gasteiger partial charge in [-0.05, 0) is 0 Å². The van der Waals surface area contributed by atoms with Gasteiger partial charge in [-0.3, -0.25) is 4.99 Å². The lowest BCUT2D eigenvalue weighted by Crippen LogP contribution is -1.94. The maximum atomic E-state index is 4.12. The number of aliphatic imine (C=N–C) groups is 1. The van der Waals surface area contributed by atoms with E-state index in [0.717, 1.165) is 12.5 Å². The minimum atomic E-state index is 0.238. The van der Waals surface area contributed by atoms with Gasteiger partial charge in [0.1, 0.15) is 0 Å². The molecule has 1 saturated carbocycles.